The van der Waals surface area contributed by atoms with Gasteiger partial charge in [0.15, 0.2) is 11.5 Å². The van der Waals surface area contributed by atoms with Crippen LogP contribution in [-0.4, -0.2) is 73.4 Å². The molecule has 45 heavy (non-hydrogen) atoms. The number of nitrogens with zero attached hydrogens (tertiary/aromatic N) is 3. The Hall–Kier alpha value is -4.57. The van der Waals surface area contributed by atoms with Gasteiger partial charge >= 0.3 is 6.09 Å². The lowest BCUT2D eigenvalue weighted by Crippen LogP contribution is -2.40. The van der Waals surface area contributed by atoms with Crippen molar-refractivity contribution < 1.29 is 19.1 Å². The zero-order valence-corrected chi connectivity index (χ0v) is 26.6. The Labute approximate surface area is 262 Å². The molecule has 10 nitrogen and oxygen atoms in total. The molecule has 2 aliphatic heterocycles. The first-order valence-electron chi connectivity index (χ1n) is 15.6. The summed E-state index contributed by atoms with van der Waals surface area (Å²) in [7, 11) is 4.04. The summed E-state index contributed by atoms with van der Waals surface area (Å²) >= 11 is 0. The smallest absolute Gasteiger partial charge is 0.407 e. The first-order valence-corrected chi connectivity index (χ1v) is 15.6. The van der Waals surface area contributed by atoms with E-state index in [1.54, 1.807) is 12.3 Å². The summed E-state index contributed by atoms with van der Waals surface area (Å²) in [5, 5.41) is 8.39. The van der Waals surface area contributed by atoms with Gasteiger partial charge in [0.25, 0.3) is 5.91 Å². The second kappa shape index (κ2) is 12.1. The van der Waals surface area contributed by atoms with Gasteiger partial charge in [-0.3, -0.25) is 9.59 Å². The number of amides is 2. The fraction of sp³-hybridized carbons (Fsp3) is 0.400. The van der Waals surface area contributed by atoms with E-state index in [0.717, 1.165) is 48.0 Å². The van der Waals surface area contributed by atoms with Gasteiger partial charge in [-0.15, -0.1) is 0 Å². The van der Waals surface area contributed by atoms with E-state index in [-0.39, 0.29) is 22.9 Å². The molecule has 0 saturated carbocycles. The van der Waals surface area contributed by atoms with Crippen molar-refractivity contribution in [3.8, 4) is 17.2 Å². The molecule has 1 aromatic heterocycles. The molecule has 2 N–H and O–H groups in total. The number of nitrogens with one attached hydrogen (secondary N) is 2. The maximum atomic E-state index is 13.8. The molecule has 0 radical (unpaired) electrons. The number of fused-ring (bicyclic) bond motifs is 3. The van der Waals surface area contributed by atoms with Crippen LogP contribution in [0.15, 0.2) is 59.5 Å². The summed E-state index contributed by atoms with van der Waals surface area (Å²) < 4.78 is 14.0. The standard InChI is InChI=1S/C35H41N5O5/c1-35(2,3)45-34(43)37-24-14-17-39(20-24)27-13-12-25-30-32(27)44-29-19-23-11-7-6-10-22(23)18-28(29)40(30)21-26(31(25)41)33(42)36-15-8-9-16-38(4)5/h6-7,10-13,18-19,21,24H,8-9,14-17,20H2,1-5H3,(H,36,42)(H,37,43). The van der Waals surface area contributed by atoms with Gasteiger partial charge in [0, 0.05) is 25.8 Å². The van der Waals surface area contributed by atoms with Crippen LogP contribution in [0, 0.1) is 0 Å². The van der Waals surface area contributed by atoms with Gasteiger partial charge in [0.1, 0.15) is 16.7 Å². The van der Waals surface area contributed by atoms with Gasteiger partial charge in [0.05, 0.1) is 22.8 Å². The Bertz CT molecular complexity index is 1840. The highest BCUT2D eigenvalue weighted by Crippen LogP contribution is 2.46. The summed E-state index contributed by atoms with van der Waals surface area (Å²) in [5.41, 5.74) is 1.37. The maximum absolute atomic E-state index is 13.8. The molecule has 4 aromatic rings. The van der Waals surface area contributed by atoms with Crippen molar-refractivity contribution in [2.45, 2.75) is 51.7 Å². The van der Waals surface area contributed by atoms with Crippen LogP contribution in [-0.2, 0) is 4.74 Å². The van der Waals surface area contributed by atoms with Crippen molar-refractivity contribution in [3.63, 3.8) is 0 Å². The molecular weight excluding hydrogens is 570 g/mol. The fourth-order valence-electron chi connectivity index (χ4n) is 6.09. The average molecular weight is 612 g/mol. The fourth-order valence-corrected chi connectivity index (χ4v) is 6.09. The van der Waals surface area contributed by atoms with Crippen molar-refractivity contribution in [1.82, 2.24) is 20.1 Å². The van der Waals surface area contributed by atoms with E-state index < -0.39 is 11.7 Å². The molecule has 1 atom stereocenters. The first-order chi connectivity index (χ1) is 21.5. The molecule has 0 bridgehead atoms. The van der Waals surface area contributed by atoms with Crippen LogP contribution in [0.4, 0.5) is 10.5 Å². The van der Waals surface area contributed by atoms with E-state index in [1.807, 2.05) is 81.9 Å². The summed E-state index contributed by atoms with van der Waals surface area (Å²) in [5.74, 6) is 0.808. The van der Waals surface area contributed by atoms with Gasteiger partial charge in [-0.05, 0) is 95.7 Å². The highest BCUT2D eigenvalue weighted by atomic mass is 16.6. The molecule has 0 spiro atoms. The molecule has 3 aromatic carbocycles. The summed E-state index contributed by atoms with van der Waals surface area (Å²) in [6, 6.07) is 15.6. The number of carbonyl (C=O) groups is 2. The normalized spacial score (nSPS) is 15.7. The van der Waals surface area contributed by atoms with E-state index in [4.69, 9.17) is 9.47 Å². The number of aromatic nitrogens is 1. The monoisotopic (exact) mass is 611 g/mol. The molecule has 1 unspecified atom stereocenters. The second-order valence-corrected chi connectivity index (χ2v) is 13.2. The molecule has 236 valence electrons. The highest BCUT2D eigenvalue weighted by Gasteiger charge is 2.32. The van der Waals surface area contributed by atoms with Crippen molar-refractivity contribution in [2.75, 3.05) is 45.2 Å². The molecule has 0 aliphatic carbocycles. The van der Waals surface area contributed by atoms with Crippen LogP contribution in [0.2, 0.25) is 0 Å². The summed E-state index contributed by atoms with van der Waals surface area (Å²) in [6.07, 6.45) is 3.72. The minimum Gasteiger partial charge on any atom is -0.451 e. The Kier molecular flexibility index (Phi) is 8.18. The Balaban J connectivity index is 1.38. The number of benzene rings is 3. The molecule has 2 aliphatic rings. The van der Waals surface area contributed by atoms with Crippen molar-refractivity contribution in [2.24, 2.45) is 0 Å². The van der Waals surface area contributed by atoms with Gasteiger partial charge in [-0.2, -0.15) is 0 Å². The lowest BCUT2D eigenvalue weighted by Gasteiger charge is -2.29. The quantitative estimate of drug-likeness (QED) is 0.226. The Morgan fingerprint density at radius 2 is 1.80 bits per heavy atom. The molecular formula is C35H41N5O5. The Morgan fingerprint density at radius 3 is 2.53 bits per heavy atom. The predicted octanol–water partition coefficient (Wildman–Crippen LogP) is 5.42. The second-order valence-electron chi connectivity index (χ2n) is 13.2. The van der Waals surface area contributed by atoms with Crippen molar-refractivity contribution >= 4 is 39.4 Å². The third kappa shape index (κ3) is 6.33. The van der Waals surface area contributed by atoms with E-state index in [9.17, 15) is 14.4 Å². The number of ether oxygens (including phenoxy) is 2. The van der Waals surface area contributed by atoms with Gasteiger partial charge in [0.2, 0.25) is 5.43 Å². The van der Waals surface area contributed by atoms with Gasteiger partial charge in [-0.25, -0.2) is 4.79 Å². The third-order valence-electron chi connectivity index (χ3n) is 8.21. The lowest BCUT2D eigenvalue weighted by atomic mass is 10.0. The summed E-state index contributed by atoms with van der Waals surface area (Å²) in [6.45, 7) is 8.19. The summed E-state index contributed by atoms with van der Waals surface area (Å²) in [4.78, 5) is 43.9. The Morgan fingerprint density at radius 1 is 1.04 bits per heavy atom. The van der Waals surface area contributed by atoms with Crippen LogP contribution < -0.4 is 25.7 Å². The maximum Gasteiger partial charge on any atom is 0.407 e. The SMILES string of the molecule is CN(C)CCCCNC(=O)c1cn2c3c(c(N4CCC(NC(=O)OC(C)(C)C)C4)ccc3c1=O)Oc1cc3ccccc3cc1-2. The number of carbonyl (C=O) groups excluding carboxylic acids is 2. The van der Waals surface area contributed by atoms with Crippen molar-refractivity contribution in [3.05, 3.63) is 70.5 Å². The van der Waals surface area contributed by atoms with E-state index in [1.165, 1.54) is 0 Å². The molecule has 1 fully saturated rings. The third-order valence-corrected chi connectivity index (χ3v) is 8.21. The van der Waals surface area contributed by atoms with Crippen LogP contribution in [0.25, 0.3) is 27.4 Å². The largest absolute Gasteiger partial charge is 0.451 e. The predicted molar refractivity (Wildman–Crippen MR) is 177 cm³/mol. The number of rotatable bonds is 8. The zero-order valence-electron chi connectivity index (χ0n) is 26.6. The highest BCUT2D eigenvalue weighted by molar-refractivity contribution is 6.02. The van der Waals surface area contributed by atoms with Crippen LogP contribution in [0.5, 0.6) is 11.5 Å². The van der Waals surface area contributed by atoms with E-state index in [2.05, 4.69) is 20.4 Å². The van der Waals surface area contributed by atoms with Crippen molar-refractivity contribution in [1.29, 1.82) is 0 Å². The molecule has 6 rings (SSSR count). The minimum absolute atomic E-state index is 0.0950. The molecule has 2 amide bonds. The minimum atomic E-state index is -0.582. The van der Waals surface area contributed by atoms with E-state index in [0.29, 0.717) is 42.0 Å². The molecule has 3 heterocycles. The molecule has 10 heteroatoms. The number of pyridine rings is 1. The van der Waals surface area contributed by atoms with Gasteiger partial charge < -0.3 is 34.5 Å². The van der Waals surface area contributed by atoms with Crippen LogP contribution in [0.3, 0.4) is 0 Å². The molecule has 1 saturated heterocycles. The van der Waals surface area contributed by atoms with Gasteiger partial charge in [-0.1, -0.05) is 24.3 Å². The van der Waals surface area contributed by atoms with Crippen LogP contribution in [0.1, 0.15) is 50.4 Å². The lowest BCUT2D eigenvalue weighted by molar-refractivity contribution is 0.0508. The number of hydrogen-bond donors (Lipinski definition) is 2. The first kappa shape index (κ1) is 30.5. The van der Waals surface area contributed by atoms with Crippen LogP contribution >= 0.6 is 0 Å². The van der Waals surface area contributed by atoms with E-state index >= 15 is 0 Å². The number of anilines is 1. The average Bonchev–Trinajstić information content (AvgIpc) is 3.43. The number of alkyl carbamates (subject to hydrolysis) is 1. The number of unbranched alkanes of at least 4 members (excludes halogenated alkanes) is 1. The zero-order chi connectivity index (χ0) is 31.9. The topological polar surface area (TPSA) is 105 Å². The number of hydrogen-bond acceptors (Lipinski definition) is 7.